The fourth-order valence-electron chi connectivity index (χ4n) is 1.94. The average molecular weight is 223 g/mol. The molecule has 0 bridgehead atoms. The molecule has 1 saturated carbocycles. The van der Waals surface area contributed by atoms with Crippen LogP contribution in [-0.4, -0.2) is 16.3 Å². The van der Waals surface area contributed by atoms with Crippen LogP contribution in [0.4, 0.5) is 5.69 Å². The highest BCUT2D eigenvalue weighted by molar-refractivity contribution is 8.00. The molecule has 1 aromatic heterocycles. The maximum absolute atomic E-state index is 6.10. The third-order valence-corrected chi connectivity index (χ3v) is 4.36. The first-order chi connectivity index (χ1) is 7.27. The van der Waals surface area contributed by atoms with E-state index in [1.165, 1.54) is 19.3 Å². The van der Waals surface area contributed by atoms with Crippen LogP contribution >= 0.6 is 11.8 Å². The number of hydrogen-bond acceptors (Lipinski definition) is 4. The van der Waals surface area contributed by atoms with Crippen LogP contribution in [0, 0.1) is 0 Å². The standard InChI is InChI=1S/C11H17N3S/c12-8-3-1-2-4-10(8)15-11-5-6-14-7-9(11)13/h5-8,10H,1-4,12-13H2. The van der Waals surface area contributed by atoms with E-state index in [9.17, 15) is 0 Å². The van der Waals surface area contributed by atoms with Gasteiger partial charge in [-0.2, -0.15) is 0 Å². The van der Waals surface area contributed by atoms with E-state index in [-0.39, 0.29) is 0 Å². The molecule has 82 valence electrons. The molecule has 4 heteroatoms. The van der Waals surface area contributed by atoms with Gasteiger partial charge in [0.1, 0.15) is 0 Å². The summed E-state index contributed by atoms with van der Waals surface area (Å²) < 4.78 is 0. The molecule has 1 fully saturated rings. The van der Waals surface area contributed by atoms with Crippen molar-refractivity contribution in [1.29, 1.82) is 0 Å². The summed E-state index contributed by atoms with van der Waals surface area (Å²) in [7, 11) is 0. The summed E-state index contributed by atoms with van der Waals surface area (Å²) in [5.74, 6) is 0. The molecular weight excluding hydrogens is 206 g/mol. The number of rotatable bonds is 2. The van der Waals surface area contributed by atoms with Crippen molar-refractivity contribution in [3.63, 3.8) is 0 Å². The van der Waals surface area contributed by atoms with Gasteiger partial charge in [-0.3, -0.25) is 4.98 Å². The Morgan fingerprint density at radius 3 is 2.87 bits per heavy atom. The van der Waals surface area contributed by atoms with Crippen molar-refractivity contribution in [3.05, 3.63) is 18.5 Å². The highest BCUT2D eigenvalue weighted by Crippen LogP contribution is 2.35. The molecule has 1 heterocycles. The zero-order valence-corrected chi connectivity index (χ0v) is 9.54. The molecule has 0 saturated heterocycles. The molecule has 1 aromatic rings. The lowest BCUT2D eigenvalue weighted by Crippen LogP contribution is -2.35. The van der Waals surface area contributed by atoms with Gasteiger partial charge in [0.2, 0.25) is 0 Å². The Bertz CT molecular complexity index is 329. The number of aromatic nitrogens is 1. The number of nitrogen functional groups attached to an aromatic ring is 1. The smallest absolute Gasteiger partial charge is 0.0638 e. The molecule has 0 radical (unpaired) electrons. The lowest BCUT2D eigenvalue weighted by molar-refractivity contribution is 0.453. The SMILES string of the molecule is Nc1cnccc1SC1CCCCC1N. The van der Waals surface area contributed by atoms with Crippen molar-refractivity contribution in [2.24, 2.45) is 5.73 Å². The number of nitrogens with zero attached hydrogens (tertiary/aromatic N) is 1. The third-order valence-electron chi connectivity index (χ3n) is 2.84. The highest BCUT2D eigenvalue weighted by atomic mass is 32.2. The molecule has 3 nitrogen and oxygen atoms in total. The van der Waals surface area contributed by atoms with E-state index in [1.54, 1.807) is 12.4 Å². The first-order valence-corrected chi connectivity index (χ1v) is 6.27. The van der Waals surface area contributed by atoms with Crippen LogP contribution in [-0.2, 0) is 0 Å². The monoisotopic (exact) mass is 223 g/mol. The fraction of sp³-hybridized carbons (Fsp3) is 0.545. The molecule has 1 aliphatic rings. The van der Waals surface area contributed by atoms with E-state index in [1.807, 2.05) is 17.8 Å². The van der Waals surface area contributed by atoms with Crippen molar-refractivity contribution < 1.29 is 0 Å². The Morgan fingerprint density at radius 1 is 1.33 bits per heavy atom. The molecule has 0 aromatic carbocycles. The maximum atomic E-state index is 6.10. The van der Waals surface area contributed by atoms with Crippen molar-refractivity contribution in [3.8, 4) is 0 Å². The largest absolute Gasteiger partial charge is 0.397 e. The van der Waals surface area contributed by atoms with Crippen molar-refractivity contribution in [2.75, 3.05) is 5.73 Å². The van der Waals surface area contributed by atoms with E-state index in [0.29, 0.717) is 11.3 Å². The summed E-state index contributed by atoms with van der Waals surface area (Å²) in [6, 6.07) is 2.29. The van der Waals surface area contributed by atoms with Gasteiger partial charge in [-0.05, 0) is 18.9 Å². The Balaban J connectivity index is 2.04. The molecule has 2 atom stereocenters. The van der Waals surface area contributed by atoms with E-state index >= 15 is 0 Å². The van der Waals surface area contributed by atoms with Gasteiger partial charge in [-0.25, -0.2) is 0 Å². The van der Waals surface area contributed by atoms with Gasteiger partial charge >= 0.3 is 0 Å². The van der Waals surface area contributed by atoms with E-state index in [2.05, 4.69) is 4.98 Å². The molecule has 0 amide bonds. The average Bonchev–Trinajstić information content (AvgIpc) is 2.24. The van der Waals surface area contributed by atoms with Gasteiger partial charge < -0.3 is 11.5 Å². The summed E-state index contributed by atoms with van der Waals surface area (Å²) in [5.41, 5.74) is 12.7. The number of anilines is 1. The molecule has 0 aliphatic heterocycles. The maximum Gasteiger partial charge on any atom is 0.0638 e. The minimum absolute atomic E-state index is 0.316. The Labute approximate surface area is 94.6 Å². The van der Waals surface area contributed by atoms with Crippen LogP contribution < -0.4 is 11.5 Å². The Kier molecular flexibility index (Phi) is 3.49. The topological polar surface area (TPSA) is 64.9 Å². The summed E-state index contributed by atoms with van der Waals surface area (Å²) >= 11 is 1.81. The molecule has 15 heavy (non-hydrogen) atoms. The van der Waals surface area contributed by atoms with E-state index in [0.717, 1.165) is 17.0 Å². The lowest BCUT2D eigenvalue weighted by Gasteiger charge is -2.28. The minimum atomic E-state index is 0.316. The quantitative estimate of drug-likeness (QED) is 0.805. The predicted octanol–water partition coefficient (Wildman–Crippen LogP) is 2.03. The van der Waals surface area contributed by atoms with Gasteiger partial charge in [0.15, 0.2) is 0 Å². The zero-order chi connectivity index (χ0) is 10.7. The number of nitrogens with two attached hydrogens (primary N) is 2. The summed E-state index contributed by atoms with van der Waals surface area (Å²) in [6.07, 6.45) is 8.39. The first-order valence-electron chi connectivity index (χ1n) is 5.39. The van der Waals surface area contributed by atoms with Crippen molar-refractivity contribution in [1.82, 2.24) is 4.98 Å². The summed E-state index contributed by atoms with van der Waals surface area (Å²) in [6.45, 7) is 0. The highest BCUT2D eigenvalue weighted by Gasteiger charge is 2.23. The molecule has 2 unspecified atom stereocenters. The molecule has 2 rings (SSSR count). The van der Waals surface area contributed by atoms with Crippen LogP contribution in [0.1, 0.15) is 25.7 Å². The summed E-state index contributed by atoms with van der Waals surface area (Å²) in [5, 5.41) is 0.517. The Morgan fingerprint density at radius 2 is 2.13 bits per heavy atom. The third kappa shape index (κ3) is 2.63. The Hall–Kier alpha value is -0.740. The molecule has 0 spiro atoms. The van der Waals surface area contributed by atoms with Gasteiger partial charge in [0, 0.05) is 22.4 Å². The molecule has 1 aliphatic carbocycles. The number of pyridine rings is 1. The van der Waals surface area contributed by atoms with Gasteiger partial charge in [0.25, 0.3) is 0 Å². The first kappa shape index (κ1) is 10.8. The zero-order valence-electron chi connectivity index (χ0n) is 8.73. The second kappa shape index (κ2) is 4.86. The number of thioether (sulfide) groups is 1. The summed E-state index contributed by atoms with van der Waals surface area (Å²) in [4.78, 5) is 5.11. The second-order valence-electron chi connectivity index (χ2n) is 4.02. The van der Waals surface area contributed by atoms with Gasteiger partial charge in [0.05, 0.1) is 11.9 Å². The van der Waals surface area contributed by atoms with E-state index in [4.69, 9.17) is 11.5 Å². The van der Waals surface area contributed by atoms with Crippen LogP contribution in [0.25, 0.3) is 0 Å². The minimum Gasteiger partial charge on any atom is -0.397 e. The molecule has 4 N–H and O–H groups in total. The van der Waals surface area contributed by atoms with Crippen LogP contribution in [0.2, 0.25) is 0 Å². The lowest BCUT2D eigenvalue weighted by atomic mass is 9.96. The van der Waals surface area contributed by atoms with Gasteiger partial charge in [-0.15, -0.1) is 11.8 Å². The van der Waals surface area contributed by atoms with Crippen molar-refractivity contribution >= 4 is 17.4 Å². The number of hydrogen-bond donors (Lipinski definition) is 2. The normalized spacial score (nSPS) is 26.5. The predicted molar refractivity (Wildman–Crippen MR) is 64.7 cm³/mol. The van der Waals surface area contributed by atoms with Crippen LogP contribution in [0.5, 0.6) is 0 Å². The van der Waals surface area contributed by atoms with Crippen LogP contribution in [0.3, 0.4) is 0 Å². The van der Waals surface area contributed by atoms with Crippen LogP contribution in [0.15, 0.2) is 23.4 Å². The van der Waals surface area contributed by atoms with E-state index < -0.39 is 0 Å². The molecular formula is C11H17N3S. The second-order valence-corrected chi connectivity index (χ2v) is 5.30. The van der Waals surface area contributed by atoms with Crippen molar-refractivity contribution in [2.45, 2.75) is 41.9 Å². The van der Waals surface area contributed by atoms with Gasteiger partial charge in [-0.1, -0.05) is 12.8 Å². The fourth-order valence-corrected chi connectivity index (χ4v) is 3.19.